The molecule has 32 heavy (non-hydrogen) atoms. The summed E-state index contributed by atoms with van der Waals surface area (Å²) >= 11 is 8.81. The molecule has 3 rings (SSSR count). The highest BCUT2D eigenvalue weighted by Gasteiger charge is 2.41. The second-order valence-corrected chi connectivity index (χ2v) is 9.29. The molecule has 0 spiro atoms. The summed E-state index contributed by atoms with van der Waals surface area (Å²) in [5.41, 5.74) is 1.60. The molecule has 1 aliphatic rings. The van der Waals surface area contributed by atoms with Gasteiger partial charge in [-0.25, -0.2) is 4.79 Å². The lowest BCUT2D eigenvalue weighted by Crippen LogP contribution is -2.42. The van der Waals surface area contributed by atoms with Crippen molar-refractivity contribution >= 4 is 69.1 Å². The molecular formula is C22H19ClINO6S. The molecule has 0 unspecified atom stereocenters. The number of carbonyl (C=O) groups is 3. The maximum Gasteiger partial charge on any atom is 0.328 e. The van der Waals surface area contributed by atoms with Crippen molar-refractivity contribution in [3.05, 3.63) is 61.0 Å². The summed E-state index contributed by atoms with van der Waals surface area (Å²) < 4.78 is 16.8. The van der Waals surface area contributed by atoms with Crippen LogP contribution in [0.3, 0.4) is 0 Å². The lowest BCUT2D eigenvalue weighted by Gasteiger charge is -2.18. The minimum atomic E-state index is -1.00. The Morgan fingerprint density at radius 3 is 2.53 bits per heavy atom. The van der Waals surface area contributed by atoms with Crippen molar-refractivity contribution in [2.75, 3.05) is 14.2 Å². The van der Waals surface area contributed by atoms with Crippen molar-refractivity contribution in [1.82, 2.24) is 4.90 Å². The van der Waals surface area contributed by atoms with Crippen molar-refractivity contribution in [3.63, 3.8) is 0 Å². The Hall–Kier alpha value is -2.24. The molecule has 1 fully saturated rings. The largest absolute Gasteiger partial charge is 0.493 e. The second kappa shape index (κ2) is 10.6. The molecular weight excluding hydrogens is 569 g/mol. The van der Waals surface area contributed by atoms with E-state index in [2.05, 4.69) is 27.3 Å². The number of ether oxygens (including phenoxy) is 3. The third kappa shape index (κ3) is 5.38. The van der Waals surface area contributed by atoms with Crippen molar-refractivity contribution in [2.24, 2.45) is 0 Å². The zero-order chi connectivity index (χ0) is 23.4. The Balaban J connectivity index is 1.83. The zero-order valence-electron chi connectivity index (χ0n) is 17.4. The molecule has 1 aliphatic heterocycles. The van der Waals surface area contributed by atoms with Gasteiger partial charge >= 0.3 is 5.97 Å². The van der Waals surface area contributed by atoms with E-state index in [1.807, 2.05) is 18.2 Å². The molecule has 0 aromatic heterocycles. The molecule has 2 aromatic carbocycles. The number of thioether (sulfide) groups is 1. The van der Waals surface area contributed by atoms with E-state index in [1.54, 1.807) is 24.3 Å². The van der Waals surface area contributed by atoms with Crippen LogP contribution >= 0.6 is 46.0 Å². The summed E-state index contributed by atoms with van der Waals surface area (Å²) in [4.78, 5) is 37.9. The van der Waals surface area contributed by atoms with Gasteiger partial charge in [0.25, 0.3) is 11.1 Å². The van der Waals surface area contributed by atoms with Gasteiger partial charge in [-0.3, -0.25) is 14.5 Å². The fourth-order valence-corrected chi connectivity index (χ4v) is 4.76. The fraction of sp³-hybridized carbons (Fsp3) is 0.227. The molecule has 168 valence electrons. The summed E-state index contributed by atoms with van der Waals surface area (Å²) in [7, 11) is 2.73. The van der Waals surface area contributed by atoms with Gasteiger partial charge in [0.1, 0.15) is 12.6 Å². The first-order valence-electron chi connectivity index (χ1n) is 9.34. The van der Waals surface area contributed by atoms with Crippen molar-refractivity contribution in [3.8, 4) is 11.5 Å². The van der Waals surface area contributed by atoms with Crippen LogP contribution in [0.25, 0.3) is 6.08 Å². The number of amides is 2. The predicted molar refractivity (Wildman–Crippen MR) is 131 cm³/mol. The number of benzene rings is 2. The number of esters is 1. The van der Waals surface area contributed by atoms with Crippen LogP contribution in [-0.2, 0) is 20.9 Å². The van der Waals surface area contributed by atoms with Crippen LogP contribution in [0.5, 0.6) is 11.5 Å². The Morgan fingerprint density at radius 2 is 1.91 bits per heavy atom. The molecule has 0 saturated carbocycles. The topological polar surface area (TPSA) is 82.1 Å². The van der Waals surface area contributed by atoms with Gasteiger partial charge in [-0.15, -0.1) is 0 Å². The van der Waals surface area contributed by atoms with E-state index >= 15 is 0 Å². The number of methoxy groups -OCH3 is 2. The second-order valence-electron chi connectivity index (χ2n) is 6.70. The van der Waals surface area contributed by atoms with Crippen LogP contribution < -0.4 is 9.47 Å². The Kier molecular flexibility index (Phi) is 8.07. The van der Waals surface area contributed by atoms with E-state index in [9.17, 15) is 14.4 Å². The third-order valence-electron chi connectivity index (χ3n) is 4.60. The molecule has 0 radical (unpaired) electrons. The number of halogens is 2. The first-order chi connectivity index (χ1) is 15.2. The summed E-state index contributed by atoms with van der Waals surface area (Å²) in [6, 6.07) is 9.87. The van der Waals surface area contributed by atoms with Crippen LogP contribution in [-0.4, -0.2) is 42.3 Å². The molecule has 1 atom stereocenters. The van der Waals surface area contributed by atoms with Gasteiger partial charge in [-0.05, 0) is 82.7 Å². The molecule has 2 amide bonds. The summed E-state index contributed by atoms with van der Waals surface area (Å²) in [6.07, 6.45) is 1.59. The number of hydrogen-bond donors (Lipinski definition) is 0. The van der Waals surface area contributed by atoms with Gasteiger partial charge in [0.2, 0.25) is 0 Å². The Bertz CT molecular complexity index is 1090. The van der Waals surface area contributed by atoms with E-state index in [4.69, 9.17) is 21.1 Å². The molecule has 0 N–H and O–H groups in total. The standard InChI is InChI=1S/C22H19ClINO6S/c1-12(21(27)30-3)25-20(26)18(32-22(25)28)10-14-8-16(24)19(17(9-14)29-2)31-11-13-4-6-15(23)7-5-13/h4-10,12H,11H2,1-3H3/b18-10-/t12-/m1/s1. The number of carbonyl (C=O) groups excluding carboxylic acids is 3. The van der Waals surface area contributed by atoms with E-state index in [-0.39, 0.29) is 4.91 Å². The number of imide groups is 1. The molecule has 10 heteroatoms. The Labute approximate surface area is 208 Å². The van der Waals surface area contributed by atoms with Crippen LogP contribution in [0.15, 0.2) is 41.3 Å². The van der Waals surface area contributed by atoms with Crippen molar-refractivity contribution < 1.29 is 28.6 Å². The molecule has 0 bridgehead atoms. The minimum absolute atomic E-state index is 0.207. The SMILES string of the molecule is COC(=O)[C@@H](C)N1C(=O)S/C(=C\c2cc(I)c(OCc3ccc(Cl)cc3)c(OC)c2)C1=O. The summed E-state index contributed by atoms with van der Waals surface area (Å²) in [5, 5.41) is 0.124. The van der Waals surface area contributed by atoms with Crippen molar-refractivity contribution in [2.45, 2.75) is 19.6 Å². The maximum atomic E-state index is 12.7. The minimum Gasteiger partial charge on any atom is -0.493 e. The molecule has 2 aromatic rings. The quantitative estimate of drug-likeness (QED) is 0.252. The lowest BCUT2D eigenvalue weighted by atomic mass is 10.1. The van der Waals surface area contributed by atoms with Gasteiger partial charge in [-0.2, -0.15) is 0 Å². The smallest absolute Gasteiger partial charge is 0.328 e. The van der Waals surface area contributed by atoms with Gasteiger partial charge < -0.3 is 14.2 Å². The zero-order valence-corrected chi connectivity index (χ0v) is 21.1. The van der Waals surface area contributed by atoms with Crippen LogP contribution in [0.2, 0.25) is 5.02 Å². The molecule has 1 saturated heterocycles. The van der Waals surface area contributed by atoms with Gasteiger partial charge in [0.15, 0.2) is 11.5 Å². The van der Waals surface area contributed by atoms with E-state index < -0.39 is 23.2 Å². The van der Waals surface area contributed by atoms with Gasteiger partial charge in [0.05, 0.1) is 22.7 Å². The highest BCUT2D eigenvalue weighted by molar-refractivity contribution is 14.1. The van der Waals surface area contributed by atoms with Crippen LogP contribution in [0.1, 0.15) is 18.1 Å². The first kappa shape index (κ1) is 24.4. The van der Waals surface area contributed by atoms with Crippen molar-refractivity contribution in [1.29, 1.82) is 0 Å². The van der Waals surface area contributed by atoms with E-state index in [1.165, 1.54) is 21.1 Å². The van der Waals surface area contributed by atoms with Gasteiger partial charge in [0, 0.05) is 5.02 Å². The summed E-state index contributed by atoms with van der Waals surface area (Å²) in [5.74, 6) is -0.159. The van der Waals surface area contributed by atoms with E-state index in [0.717, 1.165) is 25.8 Å². The highest BCUT2D eigenvalue weighted by Crippen LogP contribution is 2.38. The number of nitrogens with zero attached hydrogens (tertiary/aromatic N) is 1. The molecule has 1 heterocycles. The van der Waals surface area contributed by atoms with Crippen LogP contribution in [0, 0.1) is 3.57 Å². The monoisotopic (exact) mass is 587 g/mol. The predicted octanol–water partition coefficient (Wildman–Crippen LogP) is 5.13. The average molecular weight is 588 g/mol. The first-order valence-corrected chi connectivity index (χ1v) is 11.6. The van der Waals surface area contributed by atoms with Gasteiger partial charge in [-0.1, -0.05) is 23.7 Å². The highest BCUT2D eigenvalue weighted by atomic mass is 127. The average Bonchev–Trinajstić information content (AvgIpc) is 3.05. The third-order valence-corrected chi connectivity index (χ3v) is 6.54. The maximum absolute atomic E-state index is 12.7. The fourth-order valence-electron chi connectivity index (χ4n) is 2.94. The Morgan fingerprint density at radius 1 is 1.22 bits per heavy atom. The number of rotatable bonds is 7. The normalized spacial score (nSPS) is 15.8. The summed E-state index contributed by atoms with van der Waals surface area (Å²) in [6.45, 7) is 1.77. The molecule has 7 nitrogen and oxygen atoms in total. The van der Waals surface area contributed by atoms with Crippen LogP contribution in [0.4, 0.5) is 4.79 Å². The molecule has 0 aliphatic carbocycles. The number of hydrogen-bond acceptors (Lipinski definition) is 7. The lowest BCUT2D eigenvalue weighted by molar-refractivity contribution is -0.148. The van der Waals surface area contributed by atoms with E-state index in [0.29, 0.717) is 28.7 Å².